The third-order valence-electron chi connectivity index (χ3n) is 2.22. The summed E-state index contributed by atoms with van der Waals surface area (Å²) in [5.74, 6) is 0.196. The lowest BCUT2D eigenvalue weighted by Crippen LogP contribution is -2.29. The van der Waals surface area contributed by atoms with E-state index in [4.69, 9.17) is 0 Å². The van der Waals surface area contributed by atoms with Gasteiger partial charge in [-0.15, -0.1) is 0 Å². The van der Waals surface area contributed by atoms with Crippen LogP contribution >= 0.6 is 27.3 Å². The van der Waals surface area contributed by atoms with Gasteiger partial charge in [-0.25, -0.2) is 0 Å². The molecule has 84 valence electrons. The van der Waals surface area contributed by atoms with Crippen LogP contribution in [0.4, 0.5) is 0 Å². The summed E-state index contributed by atoms with van der Waals surface area (Å²) in [6.07, 6.45) is 1.52. The highest BCUT2D eigenvalue weighted by Crippen LogP contribution is 2.09. The Kier molecular flexibility index (Phi) is 5.32. The average Bonchev–Trinajstić information content (AvgIpc) is 2.66. The molecule has 1 unspecified atom stereocenters. The van der Waals surface area contributed by atoms with Crippen molar-refractivity contribution in [1.29, 1.82) is 0 Å². The lowest BCUT2D eigenvalue weighted by Gasteiger charge is -2.17. The third kappa shape index (κ3) is 4.80. The van der Waals surface area contributed by atoms with Crippen molar-refractivity contribution in [2.24, 2.45) is 0 Å². The maximum atomic E-state index is 11.7. The second-order valence-corrected chi connectivity index (χ2v) is 6.04. The molecule has 1 heterocycles. The first-order chi connectivity index (χ1) is 7.09. The van der Waals surface area contributed by atoms with E-state index in [1.807, 2.05) is 23.9 Å². The first-order valence-electron chi connectivity index (χ1n) is 4.98. The molecule has 0 fully saturated rings. The van der Waals surface area contributed by atoms with E-state index >= 15 is 0 Å². The Morgan fingerprint density at radius 2 is 2.40 bits per heavy atom. The summed E-state index contributed by atoms with van der Waals surface area (Å²) in [7, 11) is 1.87. The molecule has 0 saturated carbocycles. The minimum Gasteiger partial charge on any atom is -0.345 e. The first kappa shape index (κ1) is 12.7. The fourth-order valence-electron chi connectivity index (χ4n) is 1.20. The number of rotatable bonds is 5. The van der Waals surface area contributed by atoms with Gasteiger partial charge in [0.2, 0.25) is 5.91 Å². The Morgan fingerprint density at radius 1 is 1.67 bits per heavy atom. The van der Waals surface area contributed by atoms with Crippen LogP contribution in [0.25, 0.3) is 0 Å². The molecule has 1 aromatic rings. The second-order valence-electron chi connectivity index (χ2n) is 3.69. The minimum absolute atomic E-state index is 0.196. The summed E-state index contributed by atoms with van der Waals surface area (Å²) in [5, 5.41) is 4.03. The van der Waals surface area contributed by atoms with E-state index < -0.39 is 0 Å². The summed E-state index contributed by atoms with van der Waals surface area (Å²) in [5.41, 5.74) is 1.11. The van der Waals surface area contributed by atoms with Gasteiger partial charge in [0.25, 0.3) is 0 Å². The molecular weight excluding hydrogens is 274 g/mol. The van der Waals surface area contributed by atoms with Crippen LogP contribution in [-0.2, 0) is 11.2 Å². The van der Waals surface area contributed by atoms with Crippen molar-refractivity contribution in [3.8, 4) is 0 Å². The summed E-state index contributed by atoms with van der Waals surface area (Å²) >= 11 is 5.11. The molecule has 1 amide bonds. The van der Waals surface area contributed by atoms with Crippen LogP contribution in [0, 0.1) is 0 Å². The molecule has 0 aliphatic rings. The number of halogens is 1. The molecule has 2 nitrogen and oxygen atoms in total. The van der Waals surface area contributed by atoms with E-state index in [2.05, 4.69) is 22.9 Å². The predicted octanol–water partition coefficient (Wildman–Crippen LogP) is 2.92. The van der Waals surface area contributed by atoms with E-state index in [1.165, 1.54) is 0 Å². The number of thiophene rings is 1. The van der Waals surface area contributed by atoms with Gasteiger partial charge in [-0.2, -0.15) is 11.3 Å². The van der Waals surface area contributed by atoms with Crippen LogP contribution in [-0.4, -0.2) is 29.2 Å². The van der Waals surface area contributed by atoms with E-state index in [0.29, 0.717) is 11.2 Å². The number of hydrogen-bond acceptors (Lipinski definition) is 2. The maximum Gasteiger partial charge on any atom is 0.226 e. The Bertz CT molecular complexity index is 298. The lowest BCUT2D eigenvalue weighted by molar-refractivity contribution is -0.129. The number of amides is 1. The van der Waals surface area contributed by atoms with Gasteiger partial charge >= 0.3 is 0 Å². The fraction of sp³-hybridized carbons (Fsp3) is 0.545. The molecule has 0 spiro atoms. The monoisotopic (exact) mass is 289 g/mol. The highest BCUT2D eigenvalue weighted by molar-refractivity contribution is 9.09. The zero-order valence-corrected chi connectivity index (χ0v) is 11.5. The number of carbonyl (C=O) groups is 1. The molecule has 0 bridgehead atoms. The van der Waals surface area contributed by atoms with Gasteiger partial charge in [-0.1, -0.05) is 22.9 Å². The molecule has 0 radical (unpaired) electrons. The molecule has 1 atom stereocenters. The fourth-order valence-corrected chi connectivity index (χ4v) is 2.07. The van der Waals surface area contributed by atoms with E-state index in [-0.39, 0.29) is 5.91 Å². The topological polar surface area (TPSA) is 20.3 Å². The molecule has 15 heavy (non-hydrogen) atoms. The summed E-state index contributed by atoms with van der Waals surface area (Å²) in [4.78, 5) is 14.0. The van der Waals surface area contributed by atoms with E-state index in [0.717, 1.165) is 18.5 Å². The maximum absolute atomic E-state index is 11.7. The zero-order valence-electron chi connectivity index (χ0n) is 9.07. The highest BCUT2D eigenvalue weighted by atomic mass is 79.9. The van der Waals surface area contributed by atoms with Crippen molar-refractivity contribution >= 4 is 33.2 Å². The van der Waals surface area contributed by atoms with Crippen molar-refractivity contribution in [2.45, 2.75) is 24.6 Å². The van der Waals surface area contributed by atoms with Crippen LogP contribution in [0.15, 0.2) is 16.8 Å². The van der Waals surface area contributed by atoms with Gasteiger partial charge < -0.3 is 4.90 Å². The van der Waals surface area contributed by atoms with Gasteiger partial charge in [0.05, 0.1) is 6.42 Å². The van der Waals surface area contributed by atoms with Gasteiger partial charge in [-0.3, -0.25) is 4.79 Å². The molecule has 0 aliphatic heterocycles. The summed E-state index contributed by atoms with van der Waals surface area (Å²) in [6.45, 7) is 2.91. The largest absolute Gasteiger partial charge is 0.345 e. The summed E-state index contributed by atoms with van der Waals surface area (Å²) in [6, 6.07) is 2.00. The molecule has 0 aromatic carbocycles. The standard InChI is InChI=1S/C11H16BrNOS/c1-9(12)3-5-13(2)11(14)7-10-4-6-15-8-10/h4,6,8-9H,3,5,7H2,1-2H3. The molecule has 1 aromatic heterocycles. The van der Waals surface area contributed by atoms with Crippen molar-refractivity contribution in [3.05, 3.63) is 22.4 Å². The molecule has 0 saturated heterocycles. The van der Waals surface area contributed by atoms with E-state index in [9.17, 15) is 4.79 Å². The number of alkyl halides is 1. The van der Waals surface area contributed by atoms with Crippen molar-refractivity contribution in [1.82, 2.24) is 4.90 Å². The van der Waals surface area contributed by atoms with Gasteiger partial charge in [0, 0.05) is 18.4 Å². The SMILES string of the molecule is CC(Br)CCN(C)C(=O)Cc1ccsc1. The molecular formula is C11H16BrNOS. The third-order valence-corrected chi connectivity index (χ3v) is 3.41. The predicted molar refractivity (Wildman–Crippen MR) is 68.7 cm³/mol. The van der Waals surface area contributed by atoms with Crippen molar-refractivity contribution in [3.63, 3.8) is 0 Å². The minimum atomic E-state index is 0.196. The quantitative estimate of drug-likeness (QED) is 0.764. The van der Waals surface area contributed by atoms with Crippen molar-refractivity contribution in [2.75, 3.05) is 13.6 Å². The second kappa shape index (κ2) is 6.28. The lowest BCUT2D eigenvalue weighted by atomic mass is 10.2. The van der Waals surface area contributed by atoms with Gasteiger partial charge in [-0.05, 0) is 28.8 Å². The van der Waals surface area contributed by atoms with Crippen LogP contribution in [0.3, 0.4) is 0 Å². The zero-order chi connectivity index (χ0) is 11.3. The first-order valence-corrected chi connectivity index (χ1v) is 6.84. The number of nitrogens with zero attached hydrogens (tertiary/aromatic N) is 1. The Morgan fingerprint density at radius 3 is 2.93 bits per heavy atom. The number of hydrogen-bond donors (Lipinski definition) is 0. The number of likely N-dealkylation sites (N-methyl/N-ethyl adjacent to an activating group) is 1. The van der Waals surface area contributed by atoms with Crippen LogP contribution in [0.2, 0.25) is 0 Å². The smallest absolute Gasteiger partial charge is 0.226 e. The van der Waals surface area contributed by atoms with E-state index in [1.54, 1.807) is 16.2 Å². The normalized spacial score (nSPS) is 12.5. The Hall–Kier alpha value is -0.350. The number of carbonyl (C=O) groups excluding carboxylic acids is 1. The highest BCUT2D eigenvalue weighted by Gasteiger charge is 2.10. The summed E-state index contributed by atoms with van der Waals surface area (Å²) < 4.78 is 0. The Balaban J connectivity index is 2.33. The van der Waals surface area contributed by atoms with Crippen molar-refractivity contribution < 1.29 is 4.79 Å². The Labute approximate surface area is 103 Å². The van der Waals surface area contributed by atoms with Gasteiger partial charge in [0.15, 0.2) is 0 Å². The average molecular weight is 290 g/mol. The van der Waals surface area contributed by atoms with Gasteiger partial charge in [0.1, 0.15) is 0 Å². The van der Waals surface area contributed by atoms with Crippen LogP contribution in [0.5, 0.6) is 0 Å². The van der Waals surface area contributed by atoms with Crippen LogP contribution in [0.1, 0.15) is 18.9 Å². The molecule has 0 N–H and O–H groups in total. The molecule has 1 rings (SSSR count). The molecule has 4 heteroatoms. The molecule has 0 aliphatic carbocycles. The van der Waals surface area contributed by atoms with Crippen LogP contribution < -0.4 is 0 Å².